The Hall–Kier alpha value is -1.84. The summed E-state index contributed by atoms with van der Waals surface area (Å²) in [5.41, 5.74) is 15.7. The van der Waals surface area contributed by atoms with E-state index in [2.05, 4.69) is 6.92 Å². The number of carbonyl (C=O) groups excluding carboxylic acids is 1. The van der Waals surface area contributed by atoms with Crippen LogP contribution in [-0.2, 0) is 11.2 Å². The van der Waals surface area contributed by atoms with Gasteiger partial charge in [0.15, 0.2) is 5.78 Å². The first-order valence-corrected chi connectivity index (χ1v) is 8.02. The largest absolute Gasteiger partial charge is 0.397 e. The first-order chi connectivity index (χ1) is 10.4. The number of nitrogens with two attached hydrogens (primary N) is 2. The Morgan fingerprint density at radius 3 is 2.73 bits per heavy atom. The van der Waals surface area contributed by atoms with Crippen LogP contribution in [-0.4, -0.2) is 5.78 Å². The quantitative estimate of drug-likeness (QED) is 0.833. The van der Waals surface area contributed by atoms with Crippen LogP contribution in [0.4, 0.5) is 15.8 Å². The normalized spacial score (nSPS) is 23.7. The van der Waals surface area contributed by atoms with Gasteiger partial charge >= 0.3 is 0 Å². The molecule has 2 aliphatic rings. The second kappa shape index (κ2) is 5.11. The molecule has 0 spiro atoms. The maximum Gasteiger partial charge on any atom is 0.158 e. The van der Waals surface area contributed by atoms with E-state index >= 15 is 0 Å². The summed E-state index contributed by atoms with van der Waals surface area (Å²) in [6.45, 7) is 4.03. The summed E-state index contributed by atoms with van der Waals surface area (Å²) in [6, 6.07) is 1.48. The number of hydrogen-bond donors (Lipinski definition) is 2. The monoisotopic (exact) mass is 302 g/mol. The molecule has 1 aromatic rings. The third-order valence-electron chi connectivity index (χ3n) is 5.42. The van der Waals surface area contributed by atoms with Gasteiger partial charge in [0.1, 0.15) is 5.82 Å². The van der Waals surface area contributed by atoms with Gasteiger partial charge in [-0.15, -0.1) is 0 Å². The molecule has 0 aliphatic heterocycles. The van der Waals surface area contributed by atoms with Crippen molar-refractivity contribution in [3.63, 3.8) is 0 Å². The zero-order chi connectivity index (χ0) is 16.1. The molecule has 3 rings (SSSR count). The van der Waals surface area contributed by atoms with Crippen molar-refractivity contribution in [2.45, 2.75) is 52.4 Å². The topological polar surface area (TPSA) is 69.1 Å². The molecule has 2 aliphatic carbocycles. The number of allylic oxidation sites excluding steroid dienone is 2. The molecule has 0 saturated heterocycles. The molecule has 118 valence electrons. The average molecular weight is 302 g/mol. The van der Waals surface area contributed by atoms with E-state index in [1.165, 1.54) is 6.07 Å². The fourth-order valence-electron chi connectivity index (χ4n) is 4.20. The highest BCUT2D eigenvalue weighted by Crippen LogP contribution is 2.58. The second-order valence-corrected chi connectivity index (χ2v) is 6.70. The number of carbonyl (C=O) groups is 1. The Morgan fingerprint density at radius 2 is 2.05 bits per heavy atom. The highest BCUT2D eigenvalue weighted by molar-refractivity contribution is 6.06. The van der Waals surface area contributed by atoms with E-state index in [9.17, 15) is 9.18 Å². The Kier molecular flexibility index (Phi) is 3.50. The molecular formula is C18H23FN2O. The number of rotatable bonds is 3. The lowest BCUT2D eigenvalue weighted by atomic mass is 9.67. The van der Waals surface area contributed by atoms with Crippen molar-refractivity contribution in [2.75, 3.05) is 11.5 Å². The maximum absolute atomic E-state index is 14.1. The van der Waals surface area contributed by atoms with E-state index < -0.39 is 5.82 Å². The number of benzene rings is 1. The third-order valence-corrected chi connectivity index (χ3v) is 5.42. The number of halogens is 1. The standard InChI is InChI=1S/C18H23FN2O/c1-3-4-6-18-7-5-14(22)10(2)15(18)11-8-13(19)17(21)16(20)12(11)9-18/h8H,3-7,9,20-21H2,1-2H3. The van der Waals surface area contributed by atoms with Gasteiger partial charge in [0.05, 0.1) is 11.4 Å². The van der Waals surface area contributed by atoms with Gasteiger partial charge in [-0.25, -0.2) is 4.39 Å². The number of fused-ring (bicyclic) bond motifs is 3. The van der Waals surface area contributed by atoms with Crippen LogP contribution < -0.4 is 11.5 Å². The molecule has 0 fully saturated rings. The minimum atomic E-state index is -0.485. The highest BCUT2D eigenvalue weighted by Gasteiger charge is 2.46. The highest BCUT2D eigenvalue weighted by atomic mass is 19.1. The van der Waals surface area contributed by atoms with Gasteiger partial charge in [-0.3, -0.25) is 4.79 Å². The van der Waals surface area contributed by atoms with Crippen LogP contribution >= 0.6 is 0 Å². The van der Waals surface area contributed by atoms with Gasteiger partial charge in [0.2, 0.25) is 0 Å². The maximum atomic E-state index is 14.1. The summed E-state index contributed by atoms with van der Waals surface area (Å²) in [4.78, 5) is 12.2. The number of ketones is 1. The zero-order valence-electron chi connectivity index (χ0n) is 13.3. The number of unbranched alkanes of at least 4 members (excludes halogenated alkanes) is 1. The SMILES string of the molecule is CCCCC12CCC(=O)C(C)=C1c1cc(F)c(N)c(N)c1C2. The van der Waals surface area contributed by atoms with Gasteiger partial charge in [-0.05, 0) is 54.5 Å². The Bertz CT molecular complexity index is 693. The summed E-state index contributed by atoms with van der Waals surface area (Å²) >= 11 is 0. The van der Waals surface area contributed by atoms with Gasteiger partial charge in [-0.2, -0.15) is 0 Å². The fourth-order valence-corrected chi connectivity index (χ4v) is 4.20. The van der Waals surface area contributed by atoms with Crippen molar-refractivity contribution in [1.82, 2.24) is 0 Å². The van der Waals surface area contributed by atoms with E-state index in [1.54, 1.807) is 0 Å². The molecule has 0 radical (unpaired) electrons. The van der Waals surface area contributed by atoms with Crippen LogP contribution in [0, 0.1) is 11.2 Å². The van der Waals surface area contributed by atoms with Crippen molar-refractivity contribution in [2.24, 2.45) is 5.41 Å². The second-order valence-electron chi connectivity index (χ2n) is 6.70. The average Bonchev–Trinajstić information content (AvgIpc) is 2.82. The molecule has 0 aromatic heterocycles. The summed E-state index contributed by atoms with van der Waals surface area (Å²) < 4.78 is 14.1. The fraction of sp³-hybridized carbons (Fsp3) is 0.500. The van der Waals surface area contributed by atoms with Crippen molar-refractivity contribution in [1.29, 1.82) is 0 Å². The molecule has 0 heterocycles. The van der Waals surface area contributed by atoms with Gasteiger partial charge in [-0.1, -0.05) is 19.8 Å². The lowest BCUT2D eigenvalue weighted by Crippen LogP contribution is -2.28. The van der Waals surface area contributed by atoms with Crippen LogP contribution in [0.15, 0.2) is 11.6 Å². The molecule has 0 bridgehead atoms. The molecular weight excluding hydrogens is 279 g/mol. The van der Waals surface area contributed by atoms with Crippen LogP contribution in [0.3, 0.4) is 0 Å². The Labute approximate surface area is 130 Å². The van der Waals surface area contributed by atoms with E-state index in [0.717, 1.165) is 54.4 Å². The Balaban J connectivity index is 2.23. The first-order valence-electron chi connectivity index (χ1n) is 8.02. The van der Waals surface area contributed by atoms with Crippen LogP contribution in [0.25, 0.3) is 5.57 Å². The van der Waals surface area contributed by atoms with Crippen LogP contribution in [0.5, 0.6) is 0 Å². The van der Waals surface area contributed by atoms with Crippen molar-refractivity contribution in [3.8, 4) is 0 Å². The van der Waals surface area contributed by atoms with Gasteiger partial charge in [0.25, 0.3) is 0 Å². The summed E-state index contributed by atoms with van der Waals surface area (Å²) in [6.07, 6.45) is 5.39. The summed E-state index contributed by atoms with van der Waals surface area (Å²) in [7, 11) is 0. The Morgan fingerprint density at radius 1 is 1.32 bits per heavy atom. The van der Waals surface area contributed by atoms with Crippen molar-refractivity contribution in [3.05, 3.63) is 28.6 Å². The first kappa shape index (κ1) is 15.1. The lowest BCUT2D eigenvalue weighted by molar-refractivity contribution is -0.116. The third kappa shape index (κ3) is 1.97. The molecule has 1 unspecified atom stereocenters. The molecule has 0 amide bonds. The number of hydrogen-bond acceptors (Lipinski definition) is 3. The molecule has 3 nitrogen and oxygen atoms in total. The summed E-state index contributed by atoms with van der Waals surface area (Å²) in [5, 5.41) is 0. The molecule has 4 heteroatoms. The smallest absolute Gasteiger partial charge is 0.158 e. The van der Waals surface area contributed by atoms with E-state index in [4.69, 9.17) is 11.5 Å². The lowest BCUT2D eigenvalue weighted by Gasteiger charge is -2.36. The number of nitrogen functional groups attached to an aromatic ring is 2. The minimum Gasteiger partial charge on any atom is -0.397 e. The molecule has 4 N–H and O–H groups in total. The van der Waals surface area contributed by atoms with Gasteiger partial charge in [0, 0.05) is 11.8 Å². The van der Waals surface area contributed by atoms with Crippen LogP contribution in [0.1, 0.15) is 57.1 Å². The molecule has 22 heavy (non-hydrogen) atoms. The summed E-state index contributed by atoms with van der Waals surface area (Å²) in [5.74, 6) is -0.313. The predicted octanol–water partition coefficient (Wildman–Crippen LogP) is 3.86. The number of Topliss-reactive ketones (excluding diaryl/α,β-unsaturated/α-hetero) is 1. The van der Waals surface area contributed by atoms with Gasteiger partial charge < -0.3 is 11.5 Å². The molecule has 0 saturated carbocycles. The predicted molar refractivity (Wildman–Crippen MR) is 87.7 cm³/mol. The van der Waals surface area contributed by atoms with Crippen LogP contribution in [0.2, 0.25) is 0 Å². The van der Waals surface area contributed by atoms with Crippen molar-refractivity contribution < 1.29 is 9.18 Å². The molecule has 1 atom stereocenters. The van der Waals surface area contributed by atoms with E-state index in [-0.39, 0.29) is 16.9 Å². The minimum absolute atomic E-state index is 0.0348. The van der Waals surface area contributed by atoms with E-state index in [0.29, 0.717) is 12.1 Å². The number of anilines is 2. The zero-order valence-corrected chi connectivity index (χ0v) is 13.3. The van der Waals surface area contributed by atoms with Crippen molar-refractivity contribution >= 4 is 22.7 Å². The molecule has 1 aromatic carbocycles. The van der Waals surface area contributed by atoms with E-state index in [1.807, 2.05) is 6.92 Å².